The number of amides is 1. The summed E-state index contributed by atoms with van der Waals surface area (Å²) in [6, 6.07) is 1.89. The van der Waals surface area contributed by atoms with Crippen LogP contribution in [0.25, 0.3) is 11.3 Å². The van der Waals surface area contributed by atoms with Gasteiger partial charge in [0, 0.05) is 43.0 Å². The number of carbonyl (C=O) groups excluding carboxylic acids is 1. The van der Waals surface area contributed by atoms with Crippen molar-refractivity contribution in [1.29, 1.82) is 0 Å². The first-order valence-electron chi connectivity index (χ1n) is 8.14. The first-order chi connectivity index (χ1) is 11.6. The number of pyridine rings is 1. The fourth-order valence-electron chi connectivity index (χ4n) is 3.05. The second-order valence-electron chi connectivity index (χ2n) is 5.79. The molecule has 0 atom stereocenters. The van der Waals surface area contributed by atoms with Crippen LogP contribution < -0.4 is 5.32 Å². The normalized spacial score (nSPS) is 12.4. The Morgan fingerprint density at radius 3 is 2.96 bits per heavy atom. The molecule has 1 aliphatic carbocycles. The average molecular weight is 328 g/mol. The van der Waals surface area contributed by atoms with E-state index in [0.29, 0.717) is 32.4 Å². The molecule has 0 unspecified atom stereocenters. The lowest BCUT2D eigenvalue weighted by atomic mass is 9.90. The van der Waals surface area contributed by atoms with Crippen LogP contribution in [0.1, 0.15) is 41.4 Å². The Balaban J connectivity index is 1.85. The van der Waals surface area contributed by atoms with Crippen LogP contribution in [-0.4, -0.2) is 38.3 Å². The Morgan fingerprint density at radius 2 is 2.21 bits per heavy atom. The van der Waals surface area contributed by atoms with Crippen LogP contribution in [0.3, 0.4) is 0 Å². The van der Waals surface area contributed by atoms with Gasteiger partial charge in [-0.05, 0) is 30.9 Å². The van der Waals surface area contributed by atoms with Crippen molar-refractivity contribution in [1.82, 2.24) is 20.1 Å². The molecule has 2 aromatic rings. The van der Waals surface area contributed by atoms with Gasteiger partial charge in [0.2, 0.25) is 5.91 Å². The summed E-state index contributed by atoms with van der Waals surface area (Å²) in [5.74, 6) is -0.964. The van der Waals surface area contributed by atoms with E-state index in [9.17, 15) is 14.7 Å². The maximum atomic E-state index is 11.7. The average Bonchev–Trinajstić information content (AvgIpc) is 2.97. The van der Waals surface area contributed by atoms with Crippen LogP contribution in [-0.2, 0) is 24.2 Å². The van der Waals surface area contributed by atoms with Crippen molar-refractivity contribution in [3.8, 4) is 11.3 Å². The second kappa shape index (κ2) is 6.82. The number of fused-ring (bicyclic) bond motifs is 3. The Bertz CT molecular complexity index is 782. The number of hydrogen-bond acceptors (Lipinski definition) is 4. The molecule has 126 valence electrons. The zero-order chi connectivity index (χ0) is 17.1. The smallest absolute Gasteiger partial charge is 0.354 e. The van der Waals surface area contributed by atoms with Crippen LogP contribution in [0.4, 0.5) is 0 Å². The fourth-order valence-corrected chi connectivity index (χ4v) is 3.05. The lowest BCUT2D eigenvalue weighted by molar-refractivity contribution is -0.120. The standard InChI is InChI=1S/C17H20N4O3/c1-2-14(22)19-7-3-9-21-16(17(23)24)13-5-4-11-10-18-8-6-12(11)15(13)20-21/h6,8,10H,2-5,7,9H2,1H3,(H,19,22)(H,23,24). The maximum absolute atomic E-state index is 11.7. The van der Waals surface area contributed by atoms with Gasteiger partial charge in [-0.1, -0.05) is 6.92 Å². The van der Waals surface area contributed by atoms with Gasteiger partial charge in [0.05, 0.1) is 5.69 Å². The lowest BCUT2D eigenvalue weighted by Crippen LogP contribution is -2.24. The van der Waals surface area contributed by atoms with Crippen LogP contribution in [0, 0.1) is 0 Å². The van der Waals surface area contributed by atoms with Crippen molar-refractivity contribution < 1.29 is 14.7 Å². The third-order valence-corrected chi connectivity index (χ3v) is 4.25. The maximum Gasteiger partial charge on any atom is 0.354 e. The summed E-state index contributed by atoms with van der Waals surface area (Å²) < 4.78 is 1.56. The SMILES string of the molecule is CCC(=O)NCCCn1nc2c(c1C(=O)O)CCc1cnccc1-2. The molecule has 1 amide bonds. The topological polar surface area (TPSA) is 97.1 Å². The van der Waals surface area contributed by atoms with Crippen molar-refractivity contribution in [3.63, 3.8) is 0 Å². The van der Waals surface area contributed by atoms with Crippen LogP contribution >= 0.6 is 0 Å². The molecular formula is C17H20N4O3. The minimum atomic E-state index is -0.959. The van der Waals surface area contributed by atoms with Gasteiger partial charge in [0.25, 0.3) is 0 Å². The molecule has 2 N–H and O–H groups in total. The first kappa shape index (κ1) is 16.2. The number of aryl methyl sites for hydroxylation is 2. The van der Waals surface area contributed by atoms with E-state index in [1.54, 1.807) is 17.8 Å². The molecule has 0 aromatic carbocycles. The Hall–Kier alpha value is -2.70. The number of carboxylic acid groups (broad SMARTS) is 1. The minimum absolute atomic E-state index is 0.00496. The van der Waals surface area contributed by atoms with Crippen molar-refractivity contribution >= 4 is 11.9 Å². The van der Waals surface area contributed by atoms with Crippen molar-refractivity contribution in [2.24, 2.45) is 0 Å². The molecule has 0 bridgehead atoms. The predicted molar refractivity (Wildman–Crippen MR) is 87.7 cm³/mol. The number of aromatic nitrogens is 3. The summed E-state index contributed by atoms with van der Waals surface area (Å²) in [6.45, 7) is 2.77. The van der Waals surface area contributed by atoms with E-state index in [4.69, 9.17) is 0 Å². The van der Waals surface area contributed by atoms with Gasteiger partial charge >= 0.3 is 5.97 Å². The molecule has 0 fully saturated rings. The Morgan fingerprint density at radius 1 is 1.38 bits per heavy atom. The van der Waals surface area contributed by atoms with Crippen LogP contribution in [0.15, 0.2) is 18.5 Å². The number of nitrogens with zero attached hydrogens (tertiary/aromatic N) is 3. The van der Waals surface area contributed by atoms with Crippen LogP contribution in [0.2, 0.25) is 0 Å². The molecule has 24 heavy (non-hydrogen) atoms. The summed E-state index contributed by atoms with van der Waals surface area (Å²) in [5.41, 5.74) is 3.86. The molecule has 0 saturated heterocycles. The highest BCUT2D eigenvalue weighted by molar-refractivity contribution is 5.90. The van der Waals surface area contributed by atoms with Gasteiger partial charge in [-0.2, -0.15) is 5.10 Å². The predicted octanol–water partition coefficient (Wildman–Crippen LogP) is 1.66. The molecule has 3 rings (SSSR count). The summed E-state index contributed by atoms with van der Waals surface area (Å²) in [5, 5.41) is 16.9. The molecule has 0 saturated carbocycles. The van der Waals surface area contributed by atoms with Gasteiger partial charge in [-0.15, -0.1) is 0 Å². The summed E-state index contributed by atoms with van der Waals surface area (Å²) in [4.78, 5) is 27.1. The third kappa shape index (κ3) is 3.02. The molecule has 1 aliphatic rings. The van der Waals surface area contributed by atoms with E-state index in [1.165, 1.54) is 0 Å². The molecule has 0 spiro atoms. The molecular weight excluding hydrogens is 308 g/mol. The van der Waals surface area contributed by atoms with Gasteiger partial charge in [0.15, 0.2) is 0 Å². The second-order valence-corrected chi connectivity index (χ2v) is 5.79. The van der Waals surface area contributed by atoms with Gasteiger partial charge in [0.1, 0.15) is 5.69 Å². The zero-order valence-electron chi connectivity index (χ0n) is 13.6. The van der Waals surface area contributed by atoms with Crippen molar-refractivity contribution in [2.45, 2.75) is 39.2 Å². The quantitative estimate of drug-likeness (QED) is 0.786. The molecule has 0 aliphatic heterocycles. The van der Waals surface area contributed by atoms with Gasteiger partial charge in [-0.25, -0.2) is 4.79 Å². The van der Waals surface area contributed by atoms with E-state index >= 15 is 0 Å². The number of aromatic carboxylic acids is 1. The molecule has 2 heterocycles. The summed E-state index contributed by atoms with van der Waals surface area (Å²) in [6.07, 6.45) is 6.03. The molecule has 0 radical (unpaired) electrons. The molecule has 7 nitrogen and oxygen atoms in total. The van der Waals surface area contributed by atoms with Crippen molar-refractivity contribution in [2.75, 3.05) is 6.54 Å². The lowest BCUT2D eigenvalue weighted by Gasteiger charge is -2.14. The van der Waals surface area contributed by atoms with Crippen molar-refractivity contribution in [3.05, 3.63) is 35.3 Å². The van der Waals surface area contributed by atoms with E-state index in [-0.39, 0.29) is 11.6 Å². The highest BCUT2D eigenvalue weighted by Gasteiger charge is 2.27. The first-order valence-corrected chi connectivity index (χ1v) is 8.14. The number of rotatable bonds is 6. The van der Waals surface area contributed by atoms with E-state index in [1.807, 2.05) is 12.3 Å². The number of hydrogen-bond donors (Lipinski definition) is 2. The number of carboxylic acids is 1. The van der Waals surface area contributed by atoms with E-state index < -0.39 is 5.97 Å². The van der Waals surface area contributed by atoms with Crippen LogP contribution in [0.5, 0.6) is 0 Å². The molecule has 7 heteroatoms. The Kier molecular flexibility index (Phi) is 4.59. The van der Waals surface area contributed by atoms with Gasteiger partial charge in [-0.3, -0.25) is 14.5 Å². The Labute approximate surface area is 139 Å². The fraction of sp³-hybridized carbons (Fsp3) is 0.412. The highest BCUT2D eigenvalue weighted by atomic mass is 16.4. The number of carbonyl (C=O) groups is 2. The zero-order valence-corrected chi connectivity index (χ0v) is 13.6. The third-order valence-electron chi connectivity index (χ3n) is 4.25. The highest BCUT2D eigenvalue weighted by Crippen LogP contribution is 2.34. The van der Waals surface area contributed by atoms with E-state index in [2.05, 4.69) is 15.4 Å². The molecule has 2 aromatic heterocycles. The number of nitrogens with one attached hydrogen (secondary N) is 1. The minimum Gasteiger partial charge on any atom is -0.477 e. The van der Waals surface area contributed by atoms with E-state index in [0.717, 1.165) is 28.8 Å². The van der Waals surface area contributed by atoms with Gasteiger partial charge < -0.3 is 10.4 Å². The largest absolute Gasteiger partial charge is 0.477 e. The summed E-state index contributed by atoms with van der Waals surface area (Å²) in [7, 11) is 0. The monoisotopic (exact) mass is 328 g/mol. The summed E-state index contributed by atoms with van der Waals surface area (Å²) >= 11 is 0.